The van der Waals surface area contributed by atoms with Gasteiger partial charge in [-0.25, -0.2) is 4.79 Å². The van der Waals surface area contributed by atoms with Crippen molar-refractivity contribution in [2.75, 3.05) is 26.2 Å². The van der Waals surface area contributed by atoms with Gasteiger partial charge in [0.05, 0.1) is 35.1 Å². The van der Waals surface area contributed by atoms with Gasteiger partial charge in [-0.3, -0.25) is 9.59 Å². The van der Waals surface area contributed by atoms with Crippen LogP contribution in [0.2, 0.25) is 0 Å². The number of carbonyl (C=O) groups excluding carboxylic acids is 2. The smallest absolute Gasteiger partial charge is 0.407 e. The standard InChI is InChI=1S/C25H25N5O4/c26-13-19-5-1-17(2-6-19)9-11-28-23(31)21-15-30(25(33)34)16-22(21)24(32)29-12-10-18-3-7-20(14-27)8-4-18/h1-8,21-22H,9-12,15-16H2,(H,28,31)(H,29,32)(H,33,34)/t21-,22-/m1/s1. The average molecular weight is 460 g/mol. The third-order valence-electron chi connectivity index (χ3n) is 5.86. The zero-order valence-electron chi connectivity index (χ0n) is 18.5. The Kier molecular flexibility index (Phi) is 8.20. The molecule has 0 aromatic heterocycles. The van der Waals surface area contributed by atoms with Crippen LogP contribution in [0.1, 0.15) is 22.3 Å². The van der Waals surface area contributed by atoms with Crippen LogP contribution in [0.25, 0.3) is 0 Å². The number of nitriles is 2. The molecule has 1 saturated heterocycles. The van der Waals surface area contributed by atoms with Crippen molar-refractivity contribution in [2.45, 2.75) is 12.8 Å². The Balaban J connectivity index is 1.53. The Morgan fingerprint density at radius 2 is 1.18 bits per heavy atom. The molecule has 1 aliphatic heterocycles. The average Bonchev–Trinajstić information content (AvgIpc) is 3.31. The molecule has 9 heteroatoms. The van der Waals surface area contributed by atoms with Gasteiger partial charge in [0, 0.05) is 26.2 Å². The van der Waals surface area contributed by atoms with Crippen LogP contribution in [0.3, 0.4) is 0 Å². The molecule has 0 radical (unpaired) electrons. The molecule has 1 aliphatic rings. The third-order valence-corrected chi connectivity index (χ3v) is 5.86. The number of nitrogens with one attached hydrogen (secondary N) is 2. The largest absolute Gasteiger partial charge is 0.465 e. The van der Waals surface area contributed by atoms with Gasteiger partial charge in [0.15, 0.2) is 0 Å². The predicted octanol–water partition coefficient (Wildman–Crippen LogP) is 1.67. The molecular formula is C25H25N5O4. The van der Waals surface area contributed by atoms with Crippen LogP contribution in [0.5, 0.6) is 0 Å². The van der Waals surface area contributed by atoms with Gasteiger partial charge in [0.25, 0.3) is 0 Å². The normalized spacial score (nSPS) is 16.8. The van der Waals surface area contributed by atoms with Gasteiger partial charge >= 0.3 is 6.09 Å². The van der Waals surface area contributed by atoms with Crippen molar-refractivity contribution < 1.29 is 19.5 Å². The lowest BCUT2D eigenvalue weighted by Gasteiger charge is -2.17. The number of amides is 3. The summed E-state index contributed by atoms with van der Waals surface area (Å²) in [6.45, 7) is 0.597. The molecule has 1 fully saturated rings. The van der Waals surface area contributed by atoms with Crippen molar-refractivity contribution in [2.24, 2.45) is 11.8 Å². The highest BCUT2D eigenvalue weighted by Crippen LogP contribution is 2.24. The Labute approximate surface area is 197 Å². The van der Waals surface area contributed by atoms with Crippen LogP contribution < -0.4 is 10.6 Å². The second kappa shape index (κ2) is 11.5. The van der Waals surface area contributed by atoms with Crippen LogP contribution in [-0.4, -0.2) is 54.1 Å². The molecule has 0 spiro atoms. The first-order valence-corrected chi connectivity index (χ1v) is 10.9. The zero-order valence-corrected chi connectivity index (χ0v) is 18.5. The van der Waals surface area contributed by atoms with Crippen LogP contribution in [-0.2, 0) is 22.4 Å². The highest BCUT2D eigenvalue weighted by atomic mass is 16.4. The van der Waals surface area contributed by atoms with Crippen molar-refractivity contribution in [1.29, 1.82) is 10.5 Å². The summed E-state index contributed by atoms with van der Waals surface area (Å²) in [5.74, 6) is -2.26. The van der Waals surface area contributed by atoms with E-state index < -0.39 is 17.9 Å². The van der Waals surface area contributed by atoms with Crippen molar-refractivity contribution in [3.63, 3.8) is 0 Å². The van der Waals surface area contributed by atoms with E-state index in [-0.39, 0.29) is 24.9 Å². The van der Waals surface area contributed by atoms with Gasteiger partial charge in [-0.2, -0.15) is 10.5 Å². The van der Waals surface area contributed by atoms with Crippen molar-refractivity contribution in [3.8, 4) is 12.1 Å². The number of carbonyl (C=O) groups is 3. The van der Waals surface area contributed by atoms with Crippen molar-refractivity contribution in [3.05, 3.63) is 70.8 Å². The number of nitrogens with zero attached hydrogens (tertiary/aromatic N) is 3. The van der Waals surface area contributed by atoms with Gasteiger partial charge in [-0.15, -0.1) is 0 Å². The summed E-state index contributed by atoms with van der Waals surface area (Å²) in [7, 11) is 0. The third kappa shape index (κ3) is 6.33. The minimum Gasteiger partial charge on any atom is -0.465 e. The number of rotatable bonds is 8. The second-order valence-electron chi connectivity index (χ2n) is 8.10. The topological polar surface area (TPSA) is 146 Å². The van der Waals surface area contributed by atoms with Gasteiger partial charge < -0.3 is 20.6 Å². The summed E-state index contributed by atoms with van der Waals surface area (Å²) in [5.41, 5.74) is 3.02. The predicted molar refractivity (Wildman–Crippen MR) is 122 cm³/mol. The number of hydrogen-bond donors (Lipinski definition) is 3. The SMILES string of the molecule is N#Cc1ccc(CCNC(=O)[C@@H]2CN(C(=O)O)C[C@H]2C(=O)NCCc2ccc(C#N)cc2)cc1. The lowest BCUT2D eigenvalue weighted by atomic mass is 9.94. The Morgan fingerprint density at radius 3 is 1.50 bits per heavy atom. The fraction of sp³-hybridized carbons (Fsp3) is 0.320. The van der Waals surface area contributed by atoms with Gasteiger partial charge in [-0.05, 0) is 48.2 Å². The molecule has 9 nitrogen and oxygen atoms in total. The molecule has 3 amide bonds. The van der Waals surface area contributed by atoms with E-state index >= 15 is 0 Å². The van der Waals surface area contributed by atoms with Crippen LogP contribution in [0, 0.1) is 34.5 Å². The van der Waals surface area contributed by atoms with E-state index in [2.05, 4.69) is 22.8 Å². The number of likely N-dealkylation sites (tertiary alicyclic amines) is 1. The minimum atomic E-state index is -1.16. The van der Waals surface area contributed by atoms with E-state index in [4.69, 9.17) is 10.5 Å². The summed E-state index contributed by atoms with van der Waals surface area (Å²) < 4.78 is 0. The molecule has 2 aromatic carbocycles. The lowest BCUT2D eigenvalue weighted by Crippen LogP contribution is -2.42. The highest BCUT2D eigenvalue weighted by Gasteiger charge is 2.43. The Morgan fingerprint density at radius 1 is 0.794 bits per heavy atom. The summed E-state index contributed by atoms with van der Waals surface area (Å²) in [6, 6.07) is 18.2. The summed E-state index contributed by atoms with van der Waals surface area (Å²) >= 11 is 0. The van der Waals surface area contributed by atoms with E-state index in [0.29, 0.717) is 37.1 Å². The highest BCUT2D eigenvalue weighted by molar-refractivity contribution is 5.89. The second-order valence-corrected chi connectivity index (χ2v) is 8.10. The molecule has 0 unspecified atom stereocenters. The van der Waals surface area contributed by atoms with E-state index in [1.807, 2.05) is 24.3 Å². The zero-order chi connectivity index (χ0) is 24.5. The molecule has 34 heavy (non-hydrogen) atoms. The summed E-state index contributed by atoms with van der Waals surface area (Å²) in [4.78, 5) is 38.1. The fourth-order valence-corrected chi connectivity index (χ4v) is 3.91. The first kappa shape index (κ1) is 24.3. The lowest BCUT2D eigenvalue weighted by molar-refractivity contribution is -0.132. The maximum atomic E-state index is 12.8. The molecule has 3 N–H and O–H groups in total. The number of hydrogen-bond acceptors (Lipinski definition) is 5. The number of carboxylic acid groups (broad SMARTS) is 1. The molecule has 0 saturated carbocycles. The van der Waals surface area contributed by atoms with Crippen molar-refractivity contribution in [1.82, 2.24) is 15.5 Å². The van der Waals surface area contributed by atoms with E-state index in [1.165, 1.54) is 0 Å². The molecule has 174 valence electrons. The molecule has 1 heterocycles. The molecule has 2 atom stereocenters. The van der Waals surface area contributed by atoms with Crippen LogP contribution in [0.15, 0.2) is 48.5 Å². The molecule has 0 bridgehead atoms. The van der Waals surface area contributed by atoms with Gasteiger partial charge in [-0.1, -0.05) is 24.3 Å². The summed E-state index contributed by atoms with van der Waals surface area (Å²) in [6.07, 6.45) is -0.0639. The van der Waals surface area contributed by atoms with Gasteiger partial charge in [0.2, 0.25) is 11.8 Å². The van der Waals surface area contributed by atoms with E-state index in [9.17, 15) is 19.5 Å². The molecule has 0 aliphatic carbocycles. The Hall–Kier alpha value is -4.37. The monoisotopic (exact) mass is 459 g/mol. The van der Waals surface area contributed by atoms with E-state index in [0.717, 1.165) is 16.0 Å². The molecule has 3 rings (SSSR count). The number of benzene rings is 2. The van der Waals surface area contributed by atoms with Gasteiger partial charge in [0.1, 0.15) is 0 Å². The van der Waals surface area contributed by atoms with Crippen LogP contribution in [0.4, 0.5) is 4.79 Å². The first-order chi connectivity index (χ1) is 16.4. The summed E-state index contributed by atoms with van der Waals surface area (Å²) in [5, 5.41) is 32.7. The maximum absolute atomic E-state index is 12.8. The molecular weight excluding hydrogens is 434 g/mol. The van der Waals surface area contributed by atoms with E-state index in [1.54, 1.807) is 24.3 Å². The first-order valence-electron chi connectivity index (χ1n) is 10.9. The quantitative estimate of drug-likeness (QED) is 0.547. The van der Waals surface area contributed by atoms with Crippen LogP contribution >= 0.6 is 0 Å². The van der Waals surface area contributed by atoms with Crippen molar-refractivity contribution >= 4 is 17.9 Å². The molecule has 2 aromatic rings. The fourth-order valence-electron chi connectivity index (χ4n) is 3.91. The maximum Gasteiger partial charge on any atom is 0.407 e. The Bertz CT molecular complexity index is 1030. The minimum absolute atomic E-state index is 0.0360.